The van der Waals surface area contributed by atoms with Crippen LogP contribution < -0.4 is 0 Å². The van der Waals surface area contributed by atoms with Crippen molar-refractivity contribution in [2.45, 2.75) is 19.4 Å². The zero-order chi connectivity index (χ0) is 18.0. The summed E-state index contributed by atoms with van der Waals surface area (Å²) < 4.78 is 5.16. The molecule has 3 rings (SSSR count). The van der Waals surface area contributed by atoms with E-state index in [9.17, 15) is 14.9 Å². The molecule has 1 saturated heterocycles. The molecule has 0 aliphatic carbocycles. The Morgan fingerprint density at radius 1 is 1.56 bits per heavy atom. The van der Waals surface area contributed by atoms with Gasteiger partial charge >= 0.3 is 5.97 Å². The minimum Gasteiger partial charge on any atom is -0.465 e. The van der Waals surface area contributed by atoms with E-state index in [2.05, 4.69) is 17.6 Å². The fourth-order valence-corrected chi connectivity index (χ4v) is 3.54. The molecule has 6 heteroatoms. The number of likely N-dealkylation sites (tertiary alicyclic amines) is 1. The molecule has 2 aromatic rings. The van der Waals surface area contributed by atoms with Crippen molar-refractivity contribution in [3.05, 3.63) is 48.7 Å². The Kier molecular flexibility index (Phi) is 4.32. The van der Waals surface area contributed by atoms with Gasteiger partial charge in [0.15, 0.2) is 5.41 Å². The summed E-state index contributed by atoms with van der Waals surface area (Å²) in [6.45, 7) is 5.78. The van der Waals surface area contributed by atoms with E-state index in [1.54, 1.807) is 19.2 Å². The molecule has 1 amide bonds. The fraction of sp³-hybridized carbons (Fsp3) is 0.316. The number of nitrogens with zero attached hydrogens (tertiary/aromatic N) is 2. The first-order valence-corrected chi connectivity index (χ1v) is 8.14. The predicted molar refractivity (Wildman–Crippen MR) is 92.2 cm³/mol. The van der Waals surface area contributed by atoms with E-state index in [1.807, 2.05) is 24.3 Å². The van der Waals surface area contributed by atoms with Gasteiger partial charge in [-0.25, -0.2) is 0 Å². The maximum Gasteiger partial charge on any atom is 0.329 e. The van der Waals surface area contributed by atoms with Gasteiger partial charge in [0.1, 0.15) is 0 Å². The van der Waals surface area contributed by atoms with Gasteiger partial charge in [0, 0.05) is 29.2 Å². The van der Waals surface area contributed by atoms with Crippen molar-refractivity contribution in [2.24, 2.45) is 5.41 Å². The summed E-state index contributed by atoms with van der Waals surface area (Å²) in [5.74, 6) is -0.919. The number of aromatic amines is 1. The number of ether oxygens (including phenoxy) is 1. The summed E-state index contributed by atoms with van der Waals surface area (Å²) >= 11 is 0. The van der Waals surface area contributed by atoms with Gasteiger partial charge in [-0.05, 0) is 13.0 Å². The van der Waals surface area contributed by atoms with Crippen molar-refractivity contribution < 1.29 is 14.3 Å². The third-order valence-corrected chi connectivity index (χ3v) is 4.61. The molecule has 1 N–H and O–H groups in total. The summed E-state index contributed by atoms with van der Waals surface area (Å²) in [5, 5.41) is 10.8. The SMILES string of the molecule is C=CCN1C(=O)C[C@@](C#N)(C(=O)OCC)[C@@H]1c1c[nH]c2ccccc12. The highest BCUT2D eigenvalue weighted by Gasteiger charge is 2.59. The molecule has 0 radical (unpaired) electrons. The number of rotatable bonds is 5. The van der Waals surface area contributed by atoms with Crippen LogP contribution in [0.1, 0.15) is 24.9 Å². The van der Waals surface area contributed by atoms with Gasteiger partial charge in [-0.2, -0.15) is 5.26 Å². The first-order valence-electron chi connectivity index (χ1n) is 8.14. The number of fused-ring (bicyclic) bond motifs is 1. The molecule has 128 valence electrons. The second kappa shape index (κ2) is 6.44. The molecule has 6 nitrogen and oxygen atoms in total. The minimum atomic E-state index is -1.57. The lowest BCUT2D eigenvalue weighted by Crippen LogP contribution is -2.38. The second-order valence-corrected chi connectivity index (χ2v) is 6.01. The molecule has 1 aliphatic rings. The van der Waals surface area contributed by atoms with Crippen LogP contribution >= 0.6 is 0 Å². The first-order chi connectivity index (χ1) is 12.1. The fourth-order valence-electron chi connectivity index (χ4n) is 3.54. The van der Waals surface area contributed by atoms with Crippen LogP contribution in [0.3, 0.4) is 0 Å². The number of amides is 1. The van der Waals surface area contributed by atoms with Crippen LogP contribution in [-0.2, 0) is 14.3 Å². The van der Waals surface area contributed by atoms with Crippen molar-refractivity contribution >= 4 is 22.8 Å². The van der Waals surface area contributed by atoms with Crippen LogP contribution in [0.15, 0.2) is 43.1 Å². The van der Waals surface area contributed by atoms with Crippen LogP contribution in [0.4, 0.5) is 0 Å². The van der Waals surface area contributed by atoms with E-state index in [0.717, 1.165) is 16.5 Å². The number of hydrogen-bond donors (Lipinski definition) is 1. The Morgan fingerprint density at radius 2 is 2.32 bits per heavy atom. The average molecular weight is 337 g/mol. The van der Waals surface area contributed by atoms with Gasteiger partial charge in [-0.15, -0.1) is 6.58 Å². The topological polar surface area (TPSA) is 86.2 Å². The van der Waals surface area contributed by atoms with E-state index in [1.165, 1.54) is 4.90 Å². The summed E-state index contributed by atoms with van der Waals surface area (Å²) in [6, 6.07) is 8.97. The van der Waals surface area contributed by atoms with E-state index < -0.39 is 17.4 Å². The minimum absolute atomic E-state index is 0.151. The molecule has 0 saturated carbocycles. The first kappa shape index (κ1) is 16.8. The van der Waals surface area contributed by atoms with Gasteiger partial charge in [-0.1, -0.05) is 24.3 Å². The molecule has 1 aliphatic heterocycles. The van der Waals surface area contributed by atoms with Crippen molar-refractivity contribution in [3.63, 3.8) is 0 Å². The zero-order valence-electron chi connectivity index (χ0n) is 14.0. The Bertz CT molecular complexity index is 879. The van der Waals surface area contributed by atoms with Crippen molar-refractivity contribution in [1.82, 2.24) is 9.88 Å². The summed E-state index contributed by atoms with van der Waals surface area (Å²) in [7, 11) is 0. The lowest BCUT2D eigenvalue weighted by Gasteiger charge is -2.30. The molecular formula is C19H19N3O3. The number of nitriles is 1. The molecule has 0 unspecified atom stereocenters. The van der Waals surface area contributed by atoms with Gasteiger partial charge in [0.2, 0.25) is 5.91 Å². The van der Waals surface area contributed by atoms with Crippen LogP contribution in [0.2, 0.25) is 0 Å². The molecular weight excluding hydrogens is 318 g/mol. The highest BCUT2D eigenvalue weighted by molar-refractivity contribution is 5.95. The summed E-state index contributed by atoms with van der Waals surface area (Å²) in [4.78, 5) is 30.0. The highest BCUT2D eigenvalue weighted by atomic mass is 16.5. The van der Waals surface area contributed by atoms with E-state index >= 15 is 0 Å². The molecule has 0 spiro atoms. The maximum absolute atomic E-state index is 12.7. The largest absolute Gasteiger partial charge is 0.465 e. The number of aromatic nitrogens is 1. The lowest BCUT2D eigenvalue weighted by molar-refractivity contribution is -0.153. The van der Waals surface area contributed by atoms with E-state index in [-0.39, 0.29) is 25.5 Å². The number of benzene rings is 1. The maximum atomic E-state index is 12.7. The molecule has 2 heterocycles. The second-order valence-electron chi connectivity index (χ2n) is 6.01. The number of esters is 1. The van der Waals surface area contributed by atoms with Crippen LogP contribution in [-0.4, -0.2) is 34.9 Å². The van der Waals surface area contributed by atoms with Gasteiger partial charge in [0.25, 0.3) is 0 Å². The quantitative estimate of drug-likeness (QED) is 0.671. The number of H-pyrrole nitrogens is 1. The lowest BCUT2D eigenvalue weighted by atomic mass is 9.78. The standard InChI is InChI=1S/C19H19N3O3/c1-3-9-22-16(23)10-19(12-20,18(24)25-4-2)17(22)14-11-21-15-8-6-5-7-13(14)15/h3,5-8,11,17,21H,1,4,9-10H2,2H3/t17-,19-/m0/s1. The average Bonchev–Trinajstić information content (AvgIpc) is 3.15. The van der Waals surface area contributed by atoms with Crippen LogP contribution in [0, 0.1) is 16.7 Å². The molecule has 1 fully saturated rings. The number of para-hydroxylation sites is 1. The normalized spacial score (nSPS) is 22.8. The van der Waals surface area contributed by atoms with Crippen molar-refractivity contribution in [2.75, 3.05) is 13.2 Å². The molecule has 1 aromatic heterocycles. The highest BCUT2D eigenvalue weighted by Crippen LogP contribution is 2.50. The molecule has 25 heavy (non-hydrogen) atoms. The summed E-state index contributed by atoms with van der Waals surface area (Å²) in [5.41, 5.74) is 0.0464. The number of carbonyl (C=O) groups excluding carboxylic acids is 2. The Hall–Kier alpha value is -3.07. The molecule has 1 aromatic carbocycles. The van der Waals surface area contributed by atoms with Gasteiger partial charge in [0.05, 0.1) is 25.1 Å². The smallest absolute Gasteiger partial charge is 0.329 e. The van der Waals surface area contributed by atoms with Gasteiger partial charge < -0.3 is 14.6 Å². The van der Waals surface area contributed by atoms with E-state index in [4.69, 9.17) is 4.74 Å². The van der Waals surface area contributed by atoms with Crippen LogP contribution in [0.25, 0.3) is 10.9 Å². The molecule has 0 bridgehead atoms. The Labute approximate surface area is 145 Å². The Balaban J connectivity index is 2.21. The van der Waals surface area contributed by atoms with Crippen molar-refractivity contribution in [3.8, 4) is 6.07 Å². The summed E-state index contributed by atoms with van der Waals surface area (Å²) in [6.07, 6.45) is 3.16. The molecule has 2 atom stereocenters. The number of hydrogen-bond acceptors (Lipinski definition) is 4. The van der Waals surface area contributed by atoms with Gasteiger partial charge in [-0.3, -0.25) is 9.59 Å². The monoisotopic (exact) mass is 337 g/mol. The zero-order valence-corrected chi connectivity index (χ0v) is 14.0. The third-order valence-electron chi connectivity index (χ3n) is 4.61. The van der Waals surface area contributed by atoms with Crippen molar-refractivity contribution in [1.29, 1.82) is 5.26 Å². The Morgan fingerprint density at radius 3 is 3.00 bits per heavy atom. The third kappa shape index (κ3) is 2.49. The number of nitrogens with one attached hydrogen (secondary N) is 1. The number of carbonyl (C=O) groups is 2. The predicted octanol–water partition coefficient (Wildman–Crippen LogP) is 2.70. The van der Waals surface area contributed by atoms with E-state index in [0.29, 0.717) is 0 Å². The van der Waals surface area contributed by atoms with Crippen LogP contribution in [0.5, 0.6) is 0 Å².